The first-order valence-electron chi connectivity index (χ1n) is 8.44. The van der Waals surface area contributed by atoms with Gasteiger partial charge >= 0.3 is 10.2 Å². The van der Waals surface area contributed by atoms with E-state index < -0.39 is 38.2 Å². The predicted molar refractivity (Wildman–Crippen MR) is 104 cm³/mol. The van der Waals surface area contributed by atoms with Crippen molar-refractivity contribution in [3.05, 3.63) is 51.9 Å². The number of hydrogen-bond acceptors (Lipinski definition) is 5. The molecule has 1 aromatic heterocycles. The highest BCUT2D eigenvalue weighted by Gasteiger charge is 2.65. The maximum atomic E-state index is 12.9. The van der Waals surface area contributed by atoms with Gasteiger partial charge in [-0.3, -0.25) is 14.6 Å². The first-order chi connectivity index (χ1) is 13.3. The molecular formula is C17H21F5N4O3S. The number of H-pyrrole nitrogens is 1. The molecule has 1 atom stereocenters. The summed E-state index contributed by atoms with van der Waals surface area (Å²) < 4.78 is 64.6. The van der Waals surface area contributed by atoms with E-state index in [0.717, 1.165) is 18.2 Å². The summed E-state index contributed by atoms with van der Waals surface area (Å²) in [6.45, 7) is 2.54. The molecule has 0 unspecified atom stereocenters. The number of anilines is 1. The number of halogens is 5. The van der Waals surface area contributed by atoms with Crippen LogP contribution in [0.5, 0.6) is 0 Å². The van der Waals surface area contributed by atoms with Crippen LogP contribution in [0.3, 0.4) is 0 Å². The van der Waals surface area contributed by atoms with Gasteiger partial charge in [-0.25, -0.2) is 4.98 Å². The van der Waals surface area contributed by atoms with E-state index in [-0.39, 0.29) is 29.3 Å². The zero-order valence-electron chi connectivity index (χ0n) is 16.4. The Hall–Kier alpha value is -2.67. The standard InChI is InChI=1S/C17H21F5N4O3S/c1-17(2,29)14(10-5-7-11(8-6-10)30(18,19,20,21)22)25-15(28)12-9-13(27)24-16(23-12)26(3)4/h5-9,14,29H,1-4H3,(H,25,28)(H,23,24,27)/t14-/m0/s1. The summed E-state index contributed by atoms with van der Waals surface area (Å²) in [6, 6.07) is 1.48. The maximum Gasteiger partial charge on any atom is 0.310 e. The van der Waals surface area contributed by atoms with E-state index in [1.54, 1.807) is 14.1 Å². The second-order valence-electron chi connectivity index (χ2n) is 7.45. The van der Waals surface area contributed by atoms with Crippen molar-refractivity contribution in [2.24, 2.45) is 0 Å². The number of hydrogen-bond donors (Lipinski definition) is 3. The van der Waals surface area contributed by atoms with Gasteiger partial charge in [0.15, 0.2) is 0 Å². The van der Waals surface area contributed by atoms with Crippen molar-refractivity contribution in [2.45, 2.75) is 30.4 Å². The van der Waals surface area contributed by atoms with Gasteiger partial charge in [-0.15, -0.1) is 0 Å². The number of nitrogens with zero attached hydrogens (tertiary/aromatic N) is 2. The summed E-state index contributed by atoms with van der Waals surface area (Å²) in [7, 11) is -6.72. The summed E-state index contributed by atoms with van der Waals surface area (Å²) in [6.07, 6.45) is 0. The number of amides is 1. The van der Waals surface area contributed by atoms with E-state index in [4.69, 9.17) is 0 Å². The number of aromatic amines is 1. The third kappa shape index (κ3) is 5.69. The van der Waals surface area contributed by atoms with Crippen LogP contribution in [0, 0.1) is 0 Å². The van der Waals surface area contributed by atoms with Gasteiger partial charge in [-0.1, -0.05) is 31.6 Å². The molecule has 1 aromatic carbocycles. The predicted octanol–water partition coefficient (Wildman–Crippen LogP) is 3.74. The van der Waals surface area contributed by atoms with Crippen LogP contribution in [0.15, 0.2) is 40.0 Å². The van der Waals surface area contributed by atoms with Crippen molar-refractivity contribution in [3.63, 3.8) is 0 Å². The van der Waals surface area contributed by atoms with Gasteiger partial charge in [-0.2, -0.15) is 0 Å². The van der Waals surface area contributed by atoms with Crippen LogP contribution in [0.1, 0.15) is 35.9 Å². The highest BCUT2D eigenvalue weighted by Crippen LogP contribution is 3.02. The van der Waals surface area contributed by atoms with Crippen LogP contribution >= 0.6 is 10.2 Å². The zero-order chi connectivity index (χ0) is 23.2. The number of carbonyl (C=O) groups is 1. The Morgan fingerprint density at radius 2 is 1.70 bits per heavy atom. The van der Waals surface area contributed by atoms with E-state index in [2.05, 4.69) is 15.3 Å². The molecule has 2 aromatic rings. The van der Waals surface area contributed by atoms with Crippen molar-refractivity contribution in [1.29, 1.82) is 0 Å². The Labute approximate surface area is 168 Å². The quantitative estimate of drug-likeness (QED) is 0.576. The van der Waals surface area contributed by atoms with Gasteiger partial charge in [0.05, 0.1) is 11.6 Å². The minimum absolute atomic E-state index is 0.0564. The summed E-state index contributed by atoms with van der Waals surface area (Å²) in [5.41, 5.74) is -2.68. The van der Waals surface area contributed by atoms with Crippen LogP contribution < -0.4 is 15.8 Å². The Bertz CT molecular complexity index is 1020. The molecule has 0 radical (unpaired) electrons. The maximum absolute atomic E-state index is 12.9. The molecule has 1 amide bonds. The van der Waals surface area contributed by atoms with E-state index in [1.807, 2.05) is 0 Å². The number of benzene rings is 1. The molecule has 0 fully saturated rings. The molecule has 0 aliphatic carbocycles. The Morgan fingerprint density at radius 3 is 2.13 bits per heavy atom. The average molecular weight is 456 g/mol. The van der Waals surface area contributed by atoms with Gasteiger partial charge in [0.2, 0.25) is 5.95 Å². The van der Waals surface area contributed by atoms with Crippen LogP contribution in [0.4, 0.5) is 25.4 Å². The van der Waals surface area contributed by atoms with Crippen molar-refractivity contribution >= 4 is 22.1 Å². The topological polar surface area (TPSA) is 98.3 Å². The Balaban J connectivity index is 2.41. The van der Waals surface area contributed by atoms with Crippen LogP contribution in [0.2, 0.25) is 0 Å². The van der Waals surface area contributed by atoms with E-state index in [1.165, 1.54) is 18.7 Å². The van der Waals surface area contributed by atoms with Crippen LogP contribution in [0.25, 0.3) is 0 Å². The lowest BCUT2D eigenvalue weighted by atomic mass is 9.91. The molecule has 13 heteroatoms. The average Bonchev–Trinajstić information content (AvgIpc) is 2.56. The molecule has 168 valence electrons. The number of rotatable bonds is 6. The second-order valence-corrected chi connectivity index (χ2v) is 9.86. The Morgan fingerprint density at radius 1 is 1.17 bits per heavy atom. The van der Waals surface area contributed by atoms with Gasteiger partial charge in [0, 0.05) is 20.2 Å². The lowest BCUT2D eigenvalue weighted by molar-refractivity contribution is 0.0342. The molecule has 0 aliphatic heterocycles. The van der Waals surface area contributed by atoms with Crippen molar-refractivity contribution in [1.82, 2.24) is 15.3 Å². The molecule has 3 N–H and O–H groups in total. The zero-order valence-corrected chi connectivity index (χ0v) is 17.2. The van der Waals surface area contributed by atoms with Gasteiger partial charge in [0.25, 0.3) is 11.5 Å². The monoisotopic (exact) mass is 456 g/mol. The molecule has 30 heavy (non-hydrogen) atoms. The number of carbonyl (C=O) groups excluding carboxylic acids is 1. The highest BCUT2D eigenvalue weighted by molar-refractivity contribution is 8.45. The molecule has 2 rings (SSSR count). The highest BCUT2D eigenvalue weighted by atomic mass is 32.5. The fourth-order valence-electron chi connectivity index (χ4n) is 2.56. The van der Waals surface area contributed by atoms with Gasteiger partial charge < -0.3 is 15.3 Å². The number of aliphatic hydroxyl groups is 1. The van der Waals surface area contributed by atoms with Gasteiger partial charge in [0.1, 0.15) is 10.6 Å². The third-order valence-electron chi connectivity index (χ3n) is 4.03. The minimum atomic E-state index is -9.86. The molecule has 1 heterocycles. The molecule has 0 spiro atoms. The summed E-state index contributed by atoms with van der Waals surface area (Å²) in [5.74, 6) is -0.819. The first kappa shape index (κ1) is 23.6. The lowest BCUT2D eigenvalue weighted by Crippen LogP contribution is -2.42. The van der Waals surface area contributed by atoms with Crippen molar-refractivity contribution < 1.29 is 29.3 Å². The number of nitrogens with one attached hydrogen (secondary N) is 2. The van der Waals surface area contributed by atoms with Crippen molar-refractivity contribution in [3.8, 4) is 0 Å². The molecule has 7 nitrogen and oxygen atoms in total. The molecular weight excluding hydrogens is 435 g/mol. The van der Waals surface area contributed by atoms with Crippen molar-refractivity contribution in [2.75, 3.05) is 19.0 Å². The van der Waals surface area contributed by atoms with E-state index in [9.17, 15) is 34.1 Å². The summed E-state index contributed by atoms with van der Waals surface area (Å²) >= 11 is 0. The number of aromatic nitrogens is 2. The molecule has 0 bridgehead atoms. The molecule has 0 saturated carbocycles. The Kier molecular flexibility index (Phi) is 5.25. The van der Waals surface area contributed by atoms with E-state index >= 15 is 0 Å². The summed E-state index contributed by atoms with van der Waals surface area (Å²) in [5, 5.41) is 12.8. The second kappa shape index (κ2) is 6.67. The van der Waals surface area contributed by atoms with Crippen LogP contribution in [-0.4, -0.2) is 40.7 Å². The SMILES string of the molecule is CN(C)c1nc(C(=O)N[C@@H](c2ccc(S(F)(F)(F)(F)F)cc2)C(C)(C)O)cc(=O)[nH]1. The third-order valence-corrected chi connectivity index (χ3v) is 5.19. The fourth-order valence-corrected chi connectivity index (χ4v) is 3.21. The lowest BCUT2D eigenvalue weighted by Gasteiger charge is -2.40. The van der Waals surface area contributed by atoms with Gasteiger partial charge in [-0.05, 0) is 31.5 Å². The molecule has 0 saturated heterocycles. The first-order valence-corrected chi connectivity index (χ1v) is 10.4. The largest absolute Gasteiger partial charge is 0.388 e. The smallest absolute Gasteiger partial charge is 0.310 e. The minimum Gasteiger partial charge on any atom is -0.388 e. The van der Waals surface area contributed by atoms with E-state index in [0.29, 0.717) is 0 Å². The molecule has 0 aliphatic rings. The summed E-state index contributed by atoms with van der Waals surface area (Å²) in [4.78, 5) is 30.0. The van der Waals surface area contributed by atoms with Crippen LogP contribution in [-0.2, 0) is 0 Å². The fraction of sp³-hybridized carbons (Fsp3) is 0.353. The normalized spacial score (nSPS) is 15.7.